The summed E-state index contributed by atoms with van der Waals surface area (Å²) < 4.78 is 6.89. The number of thiazole rings is 1. The molecule has 26 heavy (non-hydrogen) atoms. The molecule has 1 aliphatic rings. The van der Waals surface area contributed by atoms with E-state index >= 15 is 0 Å². The number of hydrogen-bond acceptors (Lipinski definition) is 4. The number of ether oxygens (including phenoxy) is 1. The summed E-state index contributed by atoms with van der Waals surface area (Å²) in [5.74, 6) is 0.0776. The molecule has 1 fully saturated rings. The maximum atomic E-state index is 13.2. The summed E-state index contributed by atoms with van der Waals surface area (Å²) in [5, 5.41) is 0.764. The second-order valence-corrected chi connectivity index (χ2v) is 7.72. The highest BCUT2D eigenvalue weighted by Gasteiger charge is 2.26. The van der Waals surface area contributed by atoms with Crippen LogP contribution in [0.2, 0.25) is 0 Å². The Morgan fingerprint density at radius 3 is 2.81 bits per heavy atom. The number of para-hydroxylation sites is 1. The predicted molar refractivity (Wildman–Crippen MR) is 106 cm³/mol. The van der Waals surface area contributed by atoms with Crippen molar-refractivity contribution in [3.05, 3.63) is 59.7 Å². The fourth-order valence-electron chi connectivity index (χ4n) is 3.32. The SMILES string of the molecule is Cc1ccccc1CC(=O)N(CC1CCCO1)c1nc2ccccc2s1. The van der Waals surface area contributed by atoms with Gasteiger partial charge in [0.2, 0.25) is 5.91 Å². The van der Waals surface area contributed by atoms with Crippen LogP contribution in [0.4, 0.5) is 5.13 Å². The van der Waals surface area contributed by atoms with E-state index < -0.39 is 0 Å². The van der Waals surface area contributed by atoms with E-state index in [2.05, 4.69) is 0 Å². The molecule has 3 aromatic rings. The molecule has 2 aromatic carbocycles. The Labute approximate surface area is 157 Å². The van der Waals surface area contributed by atoms with Crippen molar-refractivity contribution in [2.45, 2.75) is 32.3 Å². The second-order valence-electron chi connectivity index (χ2n) is 6.71. The van der Waals surface area contributed by atoms with Gasteiger partial charge in [-0.15, -0.1) is 0 Å². The van der Waals surface area contributed by atoms with Crippen molar-refractivity contribution in [1.82, 2.24) is 4.98 Å². The summed E-state index contributed by atoms with van der Waals surface area (Å²) >= 11 is 1.57. The van der Waals surface area contributed by atoms with Crippen molar-refractivity contribution >= 4 is 32.6 Å². The van der Waals surface area contributed by atoms with Gasteiger partial charge in [0.05, 0.1) is 29.3 Å². The highest BCUT2D eigenvalue weighted by Crippen LogP contribution is 2.30. The molecule has 0 N–H and O–H groups in total. The van der Waals surface area contributed by atoms with Crippen LogP contribution in [0, 0.1) is 6.92 Å². The molecule has 0 radical (unpaired) electrons. The lowest BCUT2D eigenvalue weighted by Gasteiger charge is -2.23. The van der Waals surface area contributed by atoms with E-state index in [-0.39, 0.29) is 12.0 Å². The zero-order valence-corrected chi connectivity index (χ0v) is 15.7. The van der Waals surface area contributed by atoms with E-state index in [1.54, 1.807) is 11.3 Å². The van der Waals surface area contributed by atoms with Crippen LogP contribution in [0.15, 0.2) is 48.5 Å². The minimum Gasteiger partial charge on any atom is -0.376 e. The summed E-state index contributed by atoms with van der Waals surface area (Å²) in [4.78, 5) is 19.7. The largest absolute Gasteiger partial charge is 0.376 e. The molecule has 1 aliphatic heterocycles. The van der Waals surface area contributed by atoms with Crippen LogP contribution in [0.1, 0.15) is 24.0 Å². The normalized spacial score (nSPS) is 16.9. The van der Waals surface area contributed by atoms with Gasteiger partial charge in [-0.05, 0) is 43.0 Å². The standard InChI is InChI=1S/C21H22N2O2S/c1-15-7-2-3-8-16(15)13-20(24)23(14-17-9-6-12-25-17)21-22-18-10-4-5-11-19(18)26-21/h2-5,7-8,10-11,17H,6,9,12-14H2,1H3. The third-order valence-corrected chi connectivity index (χ3v) is 5.89. The van der Waals surface area contributed by atoms with Crippen LogP contribution in [-0.4, -0.2) is 30.1 Å². The molecule has 4 rings (SSSR count). The van der Waals surface area contributed by atoms with Crippen molar-refractivity contribution in [2.24, 2.45) is 0 Å². The number of hydrogen-bond donors (Lipinski definition) is 0. The average Bonchev–Trinajstić information content (AvgIpc) is 3.30. The first kappa shape index (κ1) is 17.2. The number of carbonyl (C=O) groups excluding carboxylic acids is 1. The van der Waals surface area contributed by atoms with Crippen molar-refractivity contribution in [1.29, 1.82) is 0 Å². The van der Waals surface area contributed by atoms with Crippen LogP contribution in [-0.2, 0) is 16.0 Å². The summed E-state index contributed by atoms with van der Waals surface area (Å²) in [7, 11) is 0. The van der Waals surface area contributed by atoms with Gasteiger partial charge in [-0.25, -0.2) is 4.98 Å². The summed E-state index contributed by atoms with van der Waals surface area (Å²) in [6.07, 6.45) is 2.54. The molecule has 5 heteroatoms. The Hall–Kier alpha value is -2.24. The van der Waals surface area contributed by atoms with Crippen molar-refractivity contribution in [2.75, 3.05) is 18.1 Å². The van der Waals surface area contributed by atoms with E-state index in [4.69, 9.17) is 9.72 Å². The molecule has 0 bridgehead atoms. The molecule has 1 atom stereocenters. The average molecular weight is 366 g/mol. The van der Waals surface area contributed by atoms with Gasteiger partial charge in [-0.1, -0.05) is 47.7 Å². The number of benzene rings is 2. The smallest absolute Gasteiger partial charge is 0.233 e. The fraction of sp³-hybridized carbons (Fsp3) is 0.333. The number of anilines is 1. The Balaban J connectivity index is 1.63. The Kier molecular flexibility index (Phi) is 5.00. The van der Waals surface area contributed by atoms with Crippen LogP contribution in [0.3, 0.4) is 0 Å². The Morgan fingerprint density at radius 2 is 2.04 bits per heavy atom. The third kappa shape index (κ3) is 3.64. The minimum absolute atomic E-state index is 0.0776. The van der Waals surface area contributed by atoms with Crippen LogP contribution < -0.4 is 4.90 Å². The molecular formula is C21H22N2O2S. The van der Waals surface area contributed by atoms with E-state index in [0.29, 0.717) is 13.0 Å². The highest BCUT2D eigenvalue weighted by molar-refractivity contribution is 7.22. The number of aryl methyl sites for hydroxylation is 1. The van der Waals surface area contributed by atoms with Gasteiger partial charge >= 0.3 is 0 Å². The van der Waals surface area contributed by atoms with Crippen LogP contribution in [0.25, 0.3) is 10.2 Å². The molecule has 1 aromatic heterocycles. The van der Waals surface area contributed by atoms with Gasteiger partial charge in [0.15, 0.2) is 5.13 Å². The van der Waals surface area contributed by atoms with E-state index in [9.17, 15) is 4.79 Å². The number of rotatable bonds is 5. The maximum absolute atomic E-state index is 13.2. The van der Waals surface area contributed by atoms with Crippen molar-refractivity contribution < 1.29 is 9.53 Å². The number of fused-ring (bicyclic) bond motifs is 1. The van der Waals surface area contributed by atoms with Gasteiger partial charge in [0, 0.05) is 6.61 Å². The predicted octanol–water partition coefficient (Wildman–Crippen LogP) is 4.36. The number of nitrogens with zero attached hydrogens (tertiary/aromatic N) is 2. The van der Waals surface area contributed by atoms with Gasteiger partial charge in [-0.3, -0.25) is 9.69 Å². The molecule has 0 spiro atoms. The van der Waals surface area contributed by atoms with Gasteiger partial charge in [0.1, 0.15) is 0 Å². The molecule has 2 heterocycles. The van der Waals surface area contributed by atoms with Crippen molar-refractivity contribution in [3.8, 4) is 0 Å². The summed E-state index contributed by atoms with van der Waals surface area (Å²) in [6, 6.07) is 16.1. The van der Waals surface area contributed by atoms with E-state index in [1.165, 1.54) is 0 Å². The highest BCUT2D eigenvalue weighted by atomic mass is 32.1. The Bertz CT molecular complexity index is 882. The number of amides is 1. The van der Waals surface area contributed by atoms with Crippen molar-refractivity contribution in [3.63, 3.8) is 0 Å². The lowest BCUT2D eigenvalue weighted by Crippen LogP contribution is -2.38. The molecular weight excluding hydrogens is 344 g/mol. The first-order chi connectivity index (χ1) is 12.7. The molecule has 1 unspecified atom stereocenters. The monoisotopic (exact) mass is 366 g/mol. The molecule has 1 saturated heterocycles. The topological polar surface area (TPSA) is 42.4 Å². The first-order valence-corrected chi connectivity index (χ1v) is 9.84. The third-order valence-electron chi connectivity index (χ3n) is 4.83. The molecule has 0 aliphatic carbocycles. The molecule has 134 valence electrons. The van der Waals surface area contributed by atoms with E-state index in [0.717, 1.165) is 45.9 Å². The van der Waals surface area contributed by atoms with Crippen LogP contribution in [0.5, 0.6) is 0 Å². The molecule has 4 nitrogen and oxygen atoms in total. The molecule has 0 saturated carbocycles. The lowest BCUT2D eigenvalue weighted by atomic mass is 10.1. The fourth-order valence-corrected chi connectivity index (χ4v) is 4.31. The quantitative estimate of drug-likeness (QED) is 0.674. The minimum atomic E-state index is 0.0776. The second kappa shape index (κ2) is 7.56. The zero-order chi connectivity index (χ0) is 17.9. The zero-order valence-electron chi connectivity index (χ0n) is 14.9. The van der Waals surface area contributed by atoms with Gasteiger partial charge < -0.3 is 4.74 Å². The summed E-state index contributed by atoms with van der Waals surface area (Å²) in [5.41, 5.74) is 3.15. The Morgan fingerprint density at radius 1 is 1.23 bits per heavy atom. The number of carbonyl (C=O) groups is 1. The summed E-state index contributed by atoms with van der Waals surface area (Å²) in [6.45, 7) is 3.40. The number of aromatic nitrogens is 1. The lowest BCUT2D eigenvalue weighted by molar-refractivity contribution is -0.118. The van der Waals surface area contributed by atoms with Crippen LogP contribution >= 0.6 is 11.3 Å². The van der Waals surface area contributed by atoms with Gasteiger partial charge in [-0.2, -0.15) is 0 Å². The first-order valence-electron chi connectivity index (χ1n) is 9.03. The molecule has 1 amide bonds. The van der Waals surface area contributed by atoms with Gasteiger partial charge in [0.25, 0.3) is 0 Å². The maximum Gasteiger partial charge on any atom is 0.233 e. The van der Waals surface area contributed by atoms with E-state index in [1.807, 2.05) is 60.4 Å².